The first-order valence-electron chi connectivity index (χ1n) is 7.53. The van der Waals surface area contributed by atoms with Crippen LogP contribution in [0.25, 0.3) is 0 Å². The summed E-state index contributed by atoms with van der Waals surface area (Å²) in [6.07, 6.45) is 5.94. The van der Waals surface area contributed by atoms with Crippen molar-refractivity contribution in [2.45, 2.75) is 51.5 Å². The fourth-order valence-corrected chi connectivity index (χ4v) is 2.45. The maximum absolute atomic E-state index is 11.8. The molecule has 1 aromatic rings. The molecule has 0 amide bonds. The fourth-order valence-electron chi connectivity index (χ4n) is 2.45. The maximum atomic E-state index is 11.8. The van der Waals surface area contributed by atoms with Gasteiger partial charge in [-0.15, -0.1) is 0 Å². The number of carbonyl (C=O) groups is 1. The smallest absolute Gasteiger partial charge is 0.328 e. The monoisotopic (exact) mass is 277 g/mol. The first-order chi connectivity index (χ1) is 9.53. The quantitative estimate of drug-likeness (QED) is 0.696. The van der Waals surface area contributed by atoms with Crippen LogP contribution in [0.15, 0.2) is 30.3 Å². The zero-order valence-corrected chi connectivity index (χ0v) is 12.9. The fraction of sp³-hybridized carbons (Fsp3) is 0.588. The minimum Gasteiger partial charge on any atom is -0.480 e. The van der Waals surface area contributed by atoms with Crippen LogP contribution in [-0.4, -0.2) is 29.6 Å². The Morgan fingerprint density at radius 1 is 1.15 bits per heavy atom. The van der Waals surface area contributed by atoms with Gasteiger partial charge in [-0.3, -0.25) is 4.90 Å². The van der Waals surface area contributed by atoms with Gasteiger partial charge in [0.05, 0.1) is 0 Å². The highest BCUT2D eigenvalue weighted by Crippen LogP contribution is 2.27. The zero-order chi connectivity index (χ0) is 15.0. The highest BCUT2D eigenvalue weighted by atomic mass is 16.4. The van der Waals surface area contributed by atoms with Crippen LogP contribution in [0.5, 0.6) is 0 Å². The van der Waals surface area contributed by atoms with Crippen molar-refractivity contribution in [2.75, 3.05) is 13.6 Å². The van der Waals surface area contributed by atoms with Crippen LogP contribution in [0, 0.1) is 0 Å². The van der Waals surface area contributed by atoms with Crippen LogP contribution in [-0.2, 0) is 10.3 Å². The lowest BCUT2D eigenvalue weighted by Gasteiger charge is -2.35. The van der Waals surface area contributed by atoms with E-state index >= 15 is 0 Å². The summed E-state index contributed by atoms with van der Waals surface area (Å²) >= 11 is 0. The lowest BCUT2D eigenvalue weighted by molar-refractivity contribution is -0.150. The summed E-state index contributed by atoms with van der Waals surface area (Å²) in [6.45, 7) is 4.79. The number of nitrogens with zero attached hydrogens (tertiary/aromatic N) is 1. The van der Waals surface area contributed by atoms with Gasteiger partial charge in [-0.1, -0.05) is 62.9 Å². The molecular weight excluding hydrogens is 250 g/mol. The second-order valence-corrected chi connectivity index (χ2v) is 5.58. The van der Waals surface area contributed by atoms with Crippen molar-refractivity contribution in [1.29, 1.82) is 0 Å². The van der Waals surface area contributed by atoms with Crippen molar-refractivity contribution in [3.8, 4) is 0 Å². The first-order valence-corrected chi connectivity index (χ1v) is 7.53. The lowest BCUT2D eigenvalue weighted by atomic mass is 9.90. The summed E-state index contributed by atoms with van der Waals surface area (Å²) in [7, 11) is 1.90. The van der Waals surface area contributed by atoms with E-state index in [-0.39, 0.29) is 0 Å². The van der Waals surface area contributed by atoms with Crippen molar-refractivity contribution >= 4 is 5.97 Å². The Bertz CT molecular complexity index is 405. The third kappa shape index (κ3) is 4.07. The molecule has 0 saturated heterocycles. The number of carboxylic acid groups (broad SMARTS) is 1. The van der Waals surface area contributed by atoms with E-state index in [1.165, 1.54) is 25.7 Å². The maximum Gasteiger partial charge on any atom is 0.328 e. The van der Waals surface area contributed by atoms with Gasteiger partial charge in [0.2, 0.25) is 0 Å². The summed E-state index contributed by atoms with van der Waals surface area (Å²) < 4.78 is 0. The number of hydrogen-bond donors (Lipinski definition) is 1. The second kappa shape index (κ2) is 8.05. The van der Waals surface area contributed by atoms with E-state index in [2.05, 4.69) is 6.92 Å². The van der Waals surface area contributed by atoms with E-state index in [1.807, 2.05) is 42.3 Å². The standard InChI is InChI=1S/C17H27NO2/c1-4-5-6-7-11-14-18(3)17(2,16(19)20)15-12-9-8-10-13-15/h8-10,12-13H,4-7,11,14H2,1-3H3,(H,19,20). The molecule has 1 atom stereocenters. The molecule has 0 aliphatic heterocycles. The van der Waals surface area contributed by atoms with Gasteiger partial charge in [0.1, 0.15) is 5.54 Å². The molecule has 0 fully saturated rings. The number of rotatable bonds is 9. The van der Waals surface area contributed by atoms with Gasteiger partial charge < -0.3 is 5.11 Å². The molecule has 1 rings (SSSR count). The van der Waals surface area contributed by atoms with Crippen LogP contribution in [0.2, 0.25) is 0 Å². The molecule has 112 valence electrons. The normalized spacial score (nSPS) is 14.2. The summed E-state index contributed by atoms with van der Waals surface area (Å²) in [5, 5.41) is 9.66. The predicted octanol–water partition coefficient (Wildman–Crippen LogP) is 3.89. The Hall–Kier alpha value is -1.35. The van der Waals surface area contributed by atoms with Crippen molar-refractivity contribution in [3.05, 3.63) is 35.9 Å². The number of likely N-dealkylation sites (N-methyl/N-ethyl adjacent to an activating group) is 1. The zero-order valence-electron chi connectivity index (χ0n) is 12.9. The van der Waals surface area contributed by atoms with E-state index in [0.717, 1.165) is 18.5 Å². The molecule has 3 nitrogen and oxygen atoms in total. The molecular formula is C17H27NO2. The van der Waals surface area contributed by atoms with Crippen LogP contribution in [0.1, 0.15) is 51.5 Å². The predicted molar refractivity (Wildman–Crippen MR) is 82.8 cm³/mol. The minimum atomic E-state index is -0.952. The van der Waals surface area contributed by atoms with Gasteiger partial charge >= 0.3 is 5.97 Å². The van der Waals surface area contributed by atoms with Gasteiger partial charge in [0.15, 0.2) is 0 Å². The van der Waals surface area contributed by atoms with Gasteiger partial charge in [-0.2, -0.15) is 0 Å². The molecule has 0 heterocycles. The van der Waals surface area contributed by atoms with Gasteiger partial charge in [-0.05, 0) is 32.5 Å². The Labute approximate surface area is 122 Å². The number of hydrogen-bond acceptors (Lipinski definition) is 2. The van der Waals surface area contributed by atoms with E-state index in [9.17, 15) is 9.90 Å². The number of carboxylic acids is 1. The summed E-state index contributed by atoms with van der Waals surface area (Å²) in [5.41, 5.74) is -0.116. The first kappa shape index (κ1) is 16.7. The van der Waals surface area contributed by atoms with Crippen molar-refractivity contribution < 1.29 is 9.90 Å². The Morgan fingerprint density at radius 2 is 1.75 bits per heavy atom. The second-order valence-electron chi connectivity index (χ2n) is 5.58. The minimum absolute atomic E-state index is 0.792. The molecule has 20 heavy (non-hydrogen) atoms. The average molecular weight is 277 g/mol. The van der Waals surface area contributed by atoms with E-state index in [1.54, 1.807) is 6.92 Å². The van der Waals surface area contributed by atoms with Crippen LogP contribution in [0.3, 0.4) is 0 Å². The van der Waals surface area contributed by atoms with Gasteiger partial charge in [0, 0.05) is 0 Å². The largest absolute Gasteiger partial charge is 0.480 e. The molecule has 0 aromatic heterocycles. The van der Waals surface area contributed by atoms with Crippen molar-refractivity contribution in [3.63, 3.8) is 0 Å². The van der Waals surface area contributed by atoms with Gasteiger partial charge in [0.25, 0.3) is 0 Å². The van der Waals surface area contributed by atoms with Crippen LogP contribution < -0.4 is 0 Å². The molecule has 1 unspecified atom stereocenters. The highest BCUT2D eigenvalue weighted by molar-refractivity contribution is 5.80. The molecule has 1 aromatic carbocycles. The topological polar surface area (TPSA) is 40.5 Å². The molecule has 3 heteroatoms. The summed E-state index contributed by atoms with van der Waals surface area (Å²) in [4.78, 5) is 13.7. The van der Waals surface area contributed by atoms with Crippen LogP contribution in [0.4, 0.5) is 0 Å². The molecule has 0 spiro atoms. The van der Waals surface area contributed by atoms with E-state index in [0.29, 0.717) is 0 Å². The molecule has 1 N–H and O–H groups in total. The molecule has 0 radical (unpaired) electrons. The summed E-state index contributed by atoms with van der Waals surface area (Å²) in [5.74, 6) is -0.792. The van der Waals surface area contributed by atoms with E-state index < -0.39 is 11.5 Å². The Morgan fingerprint density at radius 3 is 2.30 bits per heavy atom. The Kier molecular flexibility index (Phi) is 6.73. The molecule has 0 saturated carbocycles. The van der Waals surface area contributed by atoms with Crippen molar-refractivity contribution in [2.24, 2.45) is 0 Å². The Balaban J connectivity index is 2.68. The third-order valence-corrected chi connectivity index (χ3v) is 4.11. The third-order valence-electron chi connectivity index (χ3n) is 4.11. The SMILES string of the molecule is CCCCCCCN(C)C(C)(C(=O)O)c1ccccc1. The van der Waals surface area contributed by atoms with Crippen molar-refractivity contribution in [1.82, 2.24) is 4.90 Å². The summed E-state index contributed by atoms with van der Waals surface area (Å²) in [6, 6.07) is 9.48. The average Bonchev–Trinajstić information content (AvgIpc) is 2.46. The number of aliphatic carboxylic acids is 1. The molecule has 0 bridgehead atoms. The number of benzene rings is 1. The molecule has 0 aliphatic rings. The van der Waals surface area contributed by atoms with Crippen LogP contribution >= 0.6 is 0 Å². The van der Waals surface area contributed by atoms with E-state index in [4.69, 9.17) is 0 Å². The van der Waals surface area contributed by atoms with Gasteiger partial charge in [-0.25, -0.2) is 4.79 Å². The number of unbranched alkanes of at least 4 members (excludes halogenated alkanes) is 4. The molecule has 0 aliphatic carbocycles. The lowest BCUT2D eigenvalue weighted by Crippen LogP contribution is -2.48. The highest BCUT2D eigenvalue weighted by Gasteiger charge is 2.38.